The molecule has 8 heteroatoms. The van der Waals surface area contributed by atoms with E-state index in [2.05, 4.69) is 20.4 Å². The molecular formula is C18H19F3N4O. The van der Waals surface area contributed by atoms with Gasteiger partial charge in [0.05, 0.1) is 11.3 Å². The molecule has 3 heterocycles. The van der Waals surface area contributed by atoms with Crippen LogP contribution in [0.25, 0.3) is 11.3 Å². The molecule has 26 heavy (non-hydrogen) atoms. The first-order valence-corrected chi connectivity index (χ1v) is 8.59. The normalized spacial score (nSPS) is 22.7. The van der Waals surface area contributed by atoms with Crippen LogP contribution in [0.5, 0.6) is 5.75 Å². The van der Waals surface area contributed by atoms with E-state index in [1.807, 2.05) is 6.07 Å². The predicted molar refractivity (Wildman–Crippen MR) is 91.0 cm³/mol. The van der Waals surface area contributed by atoms with Gasteiger partial charge in [0.1, 0.15) is 5.75 Å². The molecule has 138 valence electrons. The van der Waals surface area contributed by atoms with E-state index < -0.39 is 17.5 Å². The Bertz CT molecular complexity index is 799. The van der Waals surface area contributed by atoms with Crippen LogP contribution < -0.4 is 10.2 Å². The molecule has 2 N–H and O–H groups in total. The smallest absolute Gasteiger partial charge is 0.416 e. The van der Waals surface area contributed by atoms with Crippen LogP contribution in [0.2, 0.25) is 0 Å². The van der Waals surface area contributed by atoms with Gasteiger partial charge in [-0.3, -0.25) is 0 Å². The molecule has 0 aliphatic carbocycles. The predicted octanol–water partition coefficient (Wildman–Crippen LogP) is 3.12. The van der Waals surface area contributed by atoms with Gasteiger partial charge in [-0.05, 0) is 56.1 Å². The van der Waals surface area contributed by atoms with Crippen molar-refractivity contribution >= 4 is 5.82 Å². The average molecular weight is 364 g/mol. The number of aromatic hydroxyl groups is 1. The average Bonchev–Trinajstić information content (AvgIpc) is 3.17. The number of nitrogens with zero attached hydrogens (tertiary/aromatic N) is 3. The lowest BCUT2D eigenvalue weighted by molar-refractivity contribution is -0.137. The summed E-state index contributed by atoms with van der Waals surface area (Å²) in [6.07, 6.45) is -2.38. The number of fused-ring (bicyclic) bond motifs is 1. The molecule has 2 fully saturated rings. The van der Waals surface area contributed by atoms with Crippen molar-refractivity contribution in [3.63, 3.8) is 0 Å². The van der Waals surface area contributed by atoms with Crippen LogP contribution in [0.3, 0.4) is 0 Å². The van der Waals surface area contributed by atoms with Gasteiger partial charge in [0.25, 0.3) is 0 Å². The Kier molecular flexibility index (Phi) is 4.02. The molecule has 0 bridgehead atoms. The van der Waals surface area contributed by atoms with Crippen LogP contribution in [0, 0.1) is 6.92 Å². The lowest BCUT2D eigenvalue weighted by Gasteiger charge is -2.24. The van der Waals surface area contributed by atoms with Crippen LogP contribution >= 0.6 is 0 Å². The molecule has 2 saturated heterocycles. The molecule has 1 aromatic heterocycles. The van der Waals surface area contributed by atoms with E-state index in [-0.39, 0.29) is 5.56 Å². The third-order valence-electron chi connectivity index (χ3n) is 5.24. The molecule has 2 unspecified atom stereocenters. The Labute approximate surface area is 148 Å². The zero-order valence-electron chi connectivity index (χ0n) is 14.2. The van der Waals surface area contributed by atoms with E-state index in [0.29, 0.717) is 23.3 Å². The second-order valence-corrected chi connectivity index (χ2v) is 6.86. The Morgan fingerprint density at radius 1 is 1.19 bits per heavy atom. The Morgan fingerprint density at radius 2 is 2.00 bits per heavy atom. The number of halogens is 3. The summed E-state index contributed by atoms with van der Waals surface area (Å²) in [6.45, 7) is 3.42. The first kappa shape index (κ1) is 17.1. The number of nitrogens with one attached hydrogen (secondary N) is 1. The van der Waals surface area contributed by atoms with Crippen molar-refractivity contribution < 1.29 is 18.3 Å². The van der Waals surface area contributed by atoms with E-state index in [4.69, 9.17) is 0 Å². The lowest BCUT2D eigenvalue weighted by Crippen LogP contribution is -2.34. The van der Waals surface area contributed by atoms with Crippen molar-refractivity contribution in [3.8, 4) is 17.0 Å². The molecule has 0 radical (unpaired) electrons. The van der Waals surface area contributed by atoms with Crippen molar-refractivity contribution in [1.29, 1.82) is 0 Å². The molecule has 2 atom stereocenters. The Morgan fingerprint density at radius 3 is 2.65 bits per heavy atom. The fourth-order valence-corrected chi connectivity index (χ4v) is 4.03. The van der Waals surface area contributed by atoms with E-state index in [9.17, 15) is 18.3 Å². The SMILES string of the molecule is Cc1cc(C(F)(F)F)cc(O)c1-c1ccc(N2CCC3NCCC32)nn1. The van der Waals surface area contributed by atoms with Gasteiger partial charge in [-0.1, -0.05) is 0 Å². The van der Waals surface area contributed by atoms with Crippen molar-refractivity contribution in [2.24, 2.45) is 0 Å². The molecule has 4 rings (SSSR count). The van der Waals surface area contributed by atoms with Gasteiger partial charge >= 0.3 is 6.18 Å². The summed E-state index contributed by atoms with van der Waals surface area (Å²) in [4.78, 5) is 2.22. The van der Waals surface area contributed by atoms with Crippen LogP contribution in [-0.2, 0) is 6.18 Å². The van der Waals surface area contributed by atoms with Crippen molar-refractivity contribution in [2.75, 3.05) is 18.0 Å². The number of anilines is 1. The fourth-order valence-electron chi connectivity index (χ4n) is 4.03. The standard InChI is InChI=1S/C18H19F3N4O/c1-10-8-11(18(19,20)21)9-15(26)17(10)13-2-3-16(24-23-13)25-7-5-12-14(25)4-6-22-12/h2-3,8-9,12,14,22,26H,4-7H2,1H3. The summed E-state index contributed by atoms with van der Waals surface area (Å²) in [5, 5.41) is 22.0. The highest BCUT2D eigenvalue weighted by Gasteiger charge is 2.38. The third-order valence-corrected chi connectivity index (χ3v) is 5.24. The third kappa shape index (κ3) is 2.88. The minimum Gasteiger partial charge on any atom is -0.507 e. The van der Waals surface area contributed by atoms with Crippen LogP contribution in [-0.4, -0.2) is 40.5 Å². The molecule has 0 amide bonds. The number of rotatable bonds is 2. The first-order valence-electron chi connectivity index (χ1n) is 8.59. The molecule has 0 saturated carbocycles. The number of aryl methyl sites for hydroxylation is 1. The Balaban J connectivity index is 1.63. The maximum atomic E-state index is 12.9. The topological polar surface area (TPSA) is 61.3 Å². The van der Waals surface area contributed by atoms with Crippen molar-refractivity contribution in [1.82, 2.24) is 15.5 Å². The van der Waals surface area contributed by atoms with Gasteiger partial charge in [-0.25, -0.2) is 0 Å². The zero-order valence-corrected chi connectivity index (χ0v) is 14.2. The minimum absolute atomic E-state index is 0.277. The van der Waals surface area contributed by atoms with E-state index in [1.54, 1.807) is 6.07 Å². The second-order valence-electron chi connectivity index (χ2n) is 6.86. The number of hydrogen-bond donors (Lipinski definition) is 2. The van der Waals surface area contributed by atoms with Gasteiger partial charge in [0.15, 0.2) is 5.82 Å². The first-order chi connectivity index (χ1) is 12.3. The summed E-state index contributed by atoms with van der Waals surface area (Å²) >= 11 is 0. The van der Waals surface area contributed by atoms with Gasteiger partial charge in [-0.15, -0.1) is 10.2 Å². The monoisotopic (exact) mass is 364 g/mol. The highest BCUT2D eigenvalue weighted by Crippen LogP contribution is 2.38. The van der Waals surface area contributed by atoms with E-state index >= 15 is 0 Å². The van der Waals surface area contributed by atoms with Crippen LogP contribution in [0.4, 0.5) is 19.0 Å². The van der Waals surface area contributed by atoms with Crippen LogP contribution in [0.1, 0.15) is 24.0 Å². The lowest BCUT2D eigenvalue weighted by atomic mass is 10.0. The highest BCUT2D eigenvalue weighted by molar-refractivity contribution is 5.71. The van der Waals surface area contributed by atoms with Crippen molar-refractivity contribution in [3.05, 3.63) is 35.4 Å². The number of alkyl halides is 3. The van der Waals surface area contributed by atoms with Crippen molar-refractivity contribution in [2.45, 2.75) is 38.0 Å². The Hall–Kier alpha value is -2.35. The largest absolute Gasteiger partial charge is 0.507 e. The number of phenolic OH excluding ortho intramolecular Hbond substituents is 1. The molecule has 1 aromatic carbocycles. The molecule has 2 aromatic rings. The van der Waals surface area contributed by atoms with Gasteiger partial charge < -0.3 is 15.3 Å². The molecule has 0 spiro atoms. The summed E-state index contributed by atoms with van der Waals surface area (Å²) in [6, 6.07) is 6.16. The molecule has 2 aliphatic heterocycles. The minimum atomic E-state index is -4.50. The summed E-state index contributed by atoms with van der Waals surface area (Å²) in [7, 11) is 0. The summed E-state index contributed by atoms with van der Waals surface area (Å²) in [5.41, 5.74) is 0.0647. The van der Waals surface area contributed by atoms with Gasteiger partial charge in [0.2, 0.25) is 0 Å². The number of aromatic nitrogens is 2. The van der Waals surface area contributed by atoms with Crippen LogP contribution in [0.15, 0.2) is 24.3 Å². The second kappa shape index (κ2) is 6.12. The number of phenols is 1. The molecule has 5 nitrogen and oxygen atoms in total. The van der Waals surface area contributed by atoms with Gasteiger partial charge in [0, 0.05) is 24.2 Å². The van der Waals surface area contributed by atoms with E-state index in [1.165, 1.54) is 6.92 Å². The maximum Gasteiger partial charge on any atom is 0.416 e. The number of benzene rings is 1. The zero-order chi connectivity index (χ0) is 18.5. The number of hydrogen-bond acceptors (Lipinski definition) is 5. The highest BCUT2D eigenvalue weighted by atomic mass is 19.4. The van der Waals surface area contributed by atoms with E-state index in [0.717, 1.165) is 43.9 Å². The van der Waals surface area contributed by atoms with Gasteiger partial charge in [-0.2, -0.15) is 13.2 Å². The maximum absolute atomic E-state index is 12.9. The summed E-state index contributed by atoms with van der Waals surface area (Å²) < 4.78 is 38.6. The quantitative estimate of drug-likeness (QED) is 0.857. The fraction of sp³-hybridized carbons (Fsp3) is 0.444. The molecule has 2 aliphatic rings. The molecular weight excluding hydrogens is 345 g/mol. The summed E-state index contributed by atoms with van der Waals surface area (Å²) in [5.74, 6) is 0.314.